The summed E-state index contributed by atoms with van der Waals surface area (Å²) in [6.45, 7) is 2.99. The number of carbonyl (C=O) groups excluding carboxylic acids is 2. The zero-order valence-electron chi connectivity index (χ0n) is 17.3. The number of hydrogen-bond donors (Lipinski definition) is 1. The van der Waals surface area contributed by atoms with Crippen LogP contribution in [0.25, 0.3) is 17.1 Å². The summed E-state index contributed by atoms with van der Waals surface area (Å²) in [7, 11) is 0. The number of likely N-dealkylation sites (tertiary alicyclic amines) is 2. The van der Waals surface area contributed by atoms with Crippen LogP contribution in [-0.2, 0) is 4.79 Å². The Bertz CT molecular complexity index is 1110. The van der Waals surface area contributed by atoms with Crippen molar-refractivity contribution >= 4 is 28.9 Å². The van der Waals surface area contributed by atoms with Crippen molar-refractivity contribution in [1.82, 2.24) is 25.2 Å². The van der Waals surface area contributed by atoms with Crippen molar-refractivity contribution in [3.05, 3.63) is 65.7 Å². The maximum atomic E-state index is 13.0. The third-order valence-corrected chi connectivity index (χ3v) is 6.50. The van der Waals surface area contributed by atoms with E-state index in [0.717, 1.165) is 50.1 Å². The lowest BCUT2D eigenvalue weighted by molar-refractivity contribution is -0.126. The molecule has 0 saturated carbocycles. The number of nitrogens with zero attached hydrogens (tertiary/aromatic N) is 4. The van der Waals surface area contributed by atoms with Crippen LogP contribution in [0.3, 0.4) is 0 Å². The third-order valence-electron chi connectivity index (χ3n) is 6.50. The molecule has 3 heterocycles. The Hall–Kier alpha value is -3.48. The van der Waals surface area contributed by atoms with Gasteiger partial charge in [0.1, 0.15) is 11.0 Å². The average molecular weight is 415 g/mol. The van der Waals surface area contributed by atoms with Gasteiger partial charge in [-0.1, -0.05) is 30.3 Å². The van der Waals surface area contributed by atoms with Gasteiger partial charge in [0.05, 0.1) is 0 Å². The lowest BCUT2D eigenvalue weighted by Crippen LogP contribution is -2.33. The van der Waals surface area contributed by atoms with Gasteiger partial charge in [0.25, 0.3) is 5.91 Å². The largest absolute Gasteiger partial charge is 0.339 e. The van der Waals surface area contributed by atoms with E-state index in [1.165, 1.54) is 0 Å². The molecule has 1 aromatic heterocycles. The molecular formula is C24H25N5O2. The summed E-state index contributed by atoms with van der Waals surface area (Å²) >= 11 is 0. The summed E-state index contributed by atoms with van der Waals surface area (Å²) in [4.78, 5) is 29.6. The molecule has 2 fully saturated rings. The molecule has 0 spiro atoms. The number of rotatable bonds is 3. The summed E-state index contributed by atoms with van der Waals surface area (Å²) < 4.78 is 0. The normalized spacial score (nSPS) is 21.4. The number of carbonyl (C=O) groups is 2. The molecule has 2 aliphatic rings. The summed E-state index contributed by atoms with van der Waals surface area (Å²) in [5.41, 5.74) is 3.15. The molecule has 5 rings (SSSR count). The van der Waals surface area contributed by atoms with Crippen molar-refractivity contribution in [2.75, 3.05) is 26.2 Å². The highest BCUT2D eigenvalue weighted by Gasteiger charge is 2.37. The Balaban J connectivity index is 1.19. The smallest absolute Gasteiger partial charge is 0.253 e. The number of hydrogen-bond acceptors (Lipinski definition) is 4. The lowest BCUT2D eigenvalue weighted by Gasteiger charge is -2.21. The summed E-state index contributed by atoms with van der Waals surface area (Å²) in [6, 6.07) is 15.3. The van der Waals surface area contributed by atoms with Crippen molar-refractivity contribution in [3.63, 3.8) is 0 Å². The topological polar surface area (TPSA) is 82.2 Å². The van der Waals surface area contributed by atoms with E-state index in [4.69, 9.17) is 0 Å². The predicted molar refractivity (Wildman–Crippen MR) is 118 cm³/mol. The van der Waals surface area contributed by atoms with Crippen molar-refractivity contribution in [2.24, 2.45) is 11.8 Å². The number of aromatic amines is 1. The minimum absolute atomic E-state index is 0.0525. The highest BCUT2D eigenvalue weighted by atomic mass is 16.2. The average Bonchev–Trinajstić information content (AvgIpc) is 3.39. The fraction of sp³-hybridized carbons (Fsp3) is 0.333. The fourth-order valence-electron chi connectivity index (χ4n) is 4.73. The van der Waals surface area contributed by atoms with Gasteiger partial charge in [-0.15, -0.1) is 0 Å². The molecule has 158 valence electrons. The van der Waals surface area contributed by atoms with Crippen LogP contribution >= 0.6 is 0 Å². The Kier molecular flexibility index (Phi) is 5.24. The van der Waals surface area contributed by atoms with Crippen LogP contribution < -0.4 is 0 Å². The SMILES string of the molecule is O=C(C=Cc1ccccc1)N1CCC2CN(C(=O)c3ccc4n[nH]nc4c3)CC2CC1. The quantitative estimate of drug-likeness (QED) is 0.667. The number of H-pyrrole nitrogens is 1. The predicted octanol–water partition coefficient (Wildman–Crippen LogP) is 2.98. The van der Waals surface area contributed by atoms with Gasteiger partial charge in [-0.2, -0.15) is 15.4 Å². The molecule has 31 heavy (non-hydrogen) atoms. The van der Waals surface area contributed by atoms with Gasteiger partial charge in [-0.25, -0.2) is 0 Å². The van der Waals surface area contributed by atoms with Crippen LogP contribution in [0, 0.1) is 11.8 Å². The van der Waals surface area contributed by atoms with Crippen molar-refractivity contribution in [2.45, 2.75) is 12.8 Å². The molecule has 2 amide bonds. The summed E-state index contributed by atoms with van der Waals surface area (Å²) in [5, 5.41) is 10.7. The molecule has 2 atom stereocenters. The molecule has 2 unspecified atom stereocenters. The molecule has 2 saturated heterocycles. The van der Waals surface area contributed by atoms with Crippen molar-refractivity contribution < 1.29 is 9.59 Å². The summed E-state index contributed by atoms with van der Waals surface area (Å²) in [5.74, 6) is 1.00. The maximum Gasteiger partial charge on any atom is 0.253 e. The Morgan fingerprint density at radius 1 is 0.903 bits per heavy atom. The van der Waals surface area contributed by atoms with Gasteiger partial charge in [0.15, 0.2) is 0 Å². The Labute approximate surface area is 180 Å². The number of nitrogens with one attached hydrogen (secondary N) is 1. The molecule has 0 radical (unpaired) electrons. The molecule has 1 N–H and O–H groups in total. The van der Waals surface area contributed by atoms with Crippen molar-refractivity contribution in [3.8, 4) is 0 Å². The number of fused-ring (bicyclic) bond motifs is 2. The van der Waals surface area contributed by atoms with Gasteiger partial charge in [0, 0.05) is 37.8 Å². The van der Waals surface area contributed by atoms with Crippen LogP contribution in [0.5, 0.6) is 0 Å². The van der Waals surface area contributed by atoms with Crippen LogP contribution in [0.2, 0.25) is 0 Å². The van der Waals surface area contributed by atoms with Crippen molar-refractivity contribution in [1.29, 1.82) is 0 Å². The second-order valence-electron chi connectivity index (χ2n) is 8.40. The Morgan fingerprint density at radius 2 is 1.61 bits per heavy atom. The van der Waals surface area contributed by atoms with E-state index in [1.54, 1.807) is 12.1 Å². The fourth-order valence-corrected chi connectivity index (χ4v) is 4.73. The molecule has 0 bridgehead atoms. The number of aromatic nitrogens is 3. The first-order valence-corrected chi connectivity index (χ1v) is 10.8. The van der Waals surface area contributed by atoms with E-state index >= 15 is 0 Å². The zero-order chi connectivity index (χ0) is 21.2. The minimum atomic E-state index is 0.0525. The second-order valence-corrected chi connectivity index (χ2v) is 8.40. The molecule has 0 aliphatic carbocycles. The van der Waals surface area contributed by atoms with Gasteiger partial charge in [-0.3, -0.25) is 9.59 Å². The molecule has 2 aromatic carbocycles. The first-order chi connectivity index (χ1) is 15.2. The van der Waals surface area contributed by atoms with E-state index < -0.39 is 0 Å². The van der Waals surface area contributed by atoms with E-state index in [9.17, 15) is 9.59 Å². The zero-order valence-corrected chi connectivity index (χ0v) is 17.3. The van der Waals surface area contributed by atoms with E-state index in [2.05, 4.69) is 15.4 Å². The van der Waals surface area contributed by atoms with Gasteiger partial charge in [-0.05, 0) is 54.5 Å². The lowest BCUT2D eigenvalue weighted by atomic mass is 9.92. The Morgan fingerprint density at radius 3 is 2.35 bits per heavy atom. The molecular weight excluding hydrogens is 390 g/mol. The maximum absolute atomic E-state index is 13.0. The number of benzene rings is 2. The molecule has 7 heteroatoms. The van der Waals surface area contributed by atoms with Gasteiger partial charge in [0.2, 0.25) is 5.91 Å². The van der Waals surface area contributed by atoms with Crippen LogP contribution in [0.4, 0.5) is 0 Å². The first kappa shape index (κ1) is 19.5. The standard InChI is InChI=1S/C24H25N5O2/c30-23(9-6-17-4-2-1-3-5-17)28-12-10-19-15-29(16-20(19)11-13-28)24(31)18-7-8-21-22(14-18)26-27-25-21/h1-9,14,19-20H,10-13,15-16H2,(H,25,26,27). The highest BCUT2D eigenvalue weighted by Crippen LogP contribution is 2.33. The monoisotopic (exact) mass is 415 g/mol. The summed E-state index contributed by atoms with van der Waals surface area (Å²) in [6.07, 6.45) is 5.41. The van der Waals surface area contributed by atoms with E-state index in [-0.39, 0.29) is 11.8 Å². The first-order valence-electron chi connectivity index (χ1n) is 10.8. The molecule has 3 aromatic rings. The highest BCUT2D eigenvalue weighted by molar-refractivity contribution is 5.97. The van der Waals surface area contributed by atoms with Gasteiger partial charge >= 0.3 is 0 Å². The minimum Gasteiger partial charge on any atom is -0.339 e. The second kappa shape index (κ2) is 8.34. The van der Waals surface area contributed by atoms with E-state index in [1.807, 2.05) is 58.3 Å². The van der Waals surface area contributed by atoms with Crippen LogP contribution in [0.15, 0.2) is 54.6 Å². The van der Waals surface area contributed by atoms with E-state index in [0.29, 0.717) is 22.9 Å². The third kappa shape index (κ3) is 4.08. The van der Waals surface area contributed by atoms with Crippen LogP contribution in [0.1, 0.15) is 28.8 Å². The van der Waals surface area contributed by atoms with Crippen LogP contribution in [-0.4, -0.2) is 63.2 Å². The van der Waals surface area contributed by atoms with Gasteiger partial charge < -0.3 is 9.80 Å². The number of amides is 2. The molecule has 7 nitrogen and oxygen atoms in total. The molecule has 2 aliphatic heterocycles.